The second kappa shape index (κ2) is 10.2. The lowest BCUT2D eigenvalue weighted by molar-refractivity contribution is -0.145. The van der Waals surface area contributed by atoms with Gasteiger partial charge in [-0.3, -0.25) is 9.10 Å². The van der Waals surface area contributed by atoms with E-state index in [1.54, 1.807) is 6.92 Å². The van der Waals surface area contributed by atoms with E-state index in [4.69, 9.17) is 9.47 Å². The minimum atomic E-state index is -4.78. The third-order valence-corrected chi connectivity index (χ3v) is 7.88. The van der Waals surface area contributed by atoms with Gasteiger partial charge in [0.1, 0.15) is 23.5 Å². The molecule has 0 saturated heterocycles. The molecule has 202 valence electrons. The molecule has 1 aliphatic heterocycles. The van der Waals surface area contributed by atoms with Crippen molar-refractivity contribution in [2.75, 3.05) is 18.0 Å². The lowest BCUT2D eigenvalue weighted by Gasteiger charge is -2.36. The summed E-state index contributed by atoms with van der Waals surface area (Å²) < 4.78 is 107. The van der Waals surface area contributed by atoms with E-state index in [1.165, 1.54) is 25.3 Å². The maximum Gasteiger partial charge on any atom is 0.416 e. The first-order valence-electron chi connectivity index (χ1n) is 11.3. The Morgan fingerprint density at radius 1 is 1.11 bits per heavy atom. The molecule has 0 saturated carbocycles. The normalized spacial score (nSPS) is 16.4. The number of carbonyl (C=O) groups excluding carboxylic acids is 1. The number of halogens is 5. The predicted octanol–water partition coefficient (Wildman–Crippen LogP) is 5.81. The molecule has 0 fully saturated rings. The van der Waals surface area contributed by atoms with Crippen LogP contribution in [0.3, 0.4) is 0 Å². The van der Waals surface area contributed by atoms with Gasteiger partial charge in [0.25, 0.3) is 10.0 Å². The SMILES string of the molecule is COC(=O)C(C)C[C@H]1CN(S(=O)(=O)c2cccc(C(F)(F)F)c2)c2cc(-c3cc(F)ccc3F)ccc2O1. The summed E-state index contributed by atoms with van der Waals surface area (Å²) in [6.07, 6.45) is -5.61. The predicted molar refractivity (Wildman–Crippen MR) is 128 cm³/mol. The lowest BCUT2D eigenvalue weighted by atomic mass is 10.0. The number of sulfonamides is 1. The molecule has 0 amide bonds. The zero-order valence-corrected chi connectivity index (χ0v) is 20.9. The summed E-state index contributed by atoms with van der Waals surface area (Å²) in [7, 11) is -3.40. The molecule has 0 spiro atoms. The zero-order chi connectivity index (χ0) is 27.8. The minimum Gasteiger partial charge on any atom is -0.486 e. The van der Waals surface area contributed by atoms with Gasteiger partial charge < -0.3 is 9.47 Å². The van der Waals surface area contributed by atoms with Crippen molar-refractivity contribution in [1.29, 1.82) is 0 Å². The third kappa shape index (κ3) is 5.45. The van der Waals surface area contributed by atoms with Crippen molar-refractivity contribution in [3.63, 3.8) is 0 Å². The van der Waals surface area contributed by atoms with Gasteiger partial charge in [-0.25, -0.2) is 17.2 Å². The summed E-state index contributed by atoms with van der Waals surface area (Å²) in [5.74, 6) is -2.68. The van der Waals surface area contributed by atoms with Gasteiger partial charge in [-0.05, 0) is 60.5 Å². The van der Waals surface area contributed by atoms with Crippen LogP contribution in [-0.2, 0) is 25.7 Å². The molecule has 0 radical (unpaired) electrons. The fourth-order valence-corrected chi connectivity index (χ4v) is 5.75. The Bertz CT molecular complexity index is 1480. The molecule has 3 aromatic rings. The molecule has 6 nitrogen and oxygen atoms in total. The summed E-state index contributed by atoms with van der Waals surface area (Å²) in [6, 6.07) is 10.1. The molecule has 0 aliphatic carbocycles. The number of nitrogens with zero attached hydrogens (tertiary/aromatic N) is 1. The number of ether oxygens (including phenoxy) is 2. The van der Waals surface area contributed by atoms with Gasteiger partial charge in [0.05, 0.1) is 35.7 Å². The van der Waals surface area contributed by atoms with Gasteiger partial charge in [0, 0.05) is 5.56 Å². The van der Waals surface area contributed by atoms with E-state index in [2.05, 4.69) is 0 Å². The molecule has 12 heteroatoms. The van der Waals surface area contributed by atoms with Gasteiger partial charge in [0.2, 0.25) is 0 Å². The van der Waals surface area contributed by atoms with Crippen LogP contribution in [0.5, 0.6) is 5.75 Å². The van der Waals surface area contributed by atoms with Crippen molar-refractivity contribution in [3.05, 3.63) is 77.9 Å². The van der Waals surface area contributed by atoms with Gasteiger partial charge in [0.15, 0.2) is 0 Å². The van der Waals surface area contributed by atoms with E-state index in [-0.39, 0.29) is 35.5 Å². The fourth-order valence-electron chi connectivity index (χ4n) is 4.20. The standard InChI is InChI=1S/C26H22F5NO5S/c1-15(25(33)36-2)10-19-14-32(38(34,35)20-5-3-4-17(12-20)26(29,30)31)23-11-16(6-9-24(23)37-19)21-13-18(27)7-8-22(21)28/h3-9,11-13,15,19H,10,14H2,1-2H3/t15?,19-/m0/s1. The summed E-state index contributed by atoms with van der Waals surface area (Å²) in [6.45, 7) is 1.20. The van der Waals surface area contributed by atoms with E-state index in [9.17, 15) is 35.2 Å². The molecule has 1 unspecified atom stereocenters. The zero-order valence-electron chi connectivity index (χ0n) is 20.1. The van der Waals surface area contributed by atoms with E-state index < -0.39 is 56.3 Å². The number of esters is 1. The first-order valence-corrected chi connectivity index (χ1v) is 12.8. The molecule has 2 atom stereocenters. The number of rotatable bonds is 6. The molecule has 0 aromatic heterocycles. The number of benzene rings is 3. The molecule has 0 N–H and O–H groups in total. The second-order valence-electron chi connectivity index (χ2n) is 8.77. The number of carbonyl (C=O) groups is 1. The van der Waals surface area contributed by atoms with Gasteiger partial charge >= 0.3 is 12.1 Å². The maximum atomic E-state index is 14.5. The van der Waals surface area contributed by atoms with Crippen molar-refractivity contribution in [3.8, 4) is 16.9 Å². The van der Waals surface area contributed by atoms with Crippen LogP contribution in [0.1, 0.15) is 18.9 Å². The molecular weight excluding hydrogens is 533 g/mol. The van der Waals surface area contributed by atoms with Crippen LogP contribution in [-0.4, -0.2) is 34.1 Å². The van der Waals surface area contributed by atoms with Crippen molar-refractivity contribution < 1.29 is 44.6 Å². The van der Waals surface area contributed by atoms with Crippen molar-refractivity contribution >= 4 is 21.7 Å². The molecule has 1 heterocycles. The largest absolute Gasteiger partial charge is 0.486 e. The number of methoxy groups -OCH3 is 1. The Kier molecular flexibility index (Phi) is 7.37. The van der Waals surface area contributed by atoms with Crippen molar-refractivity contribution in [1.82, 2.24) is 0 Å². The number of hydrogen-bond donors (Lipinski definition) is 0. The summed E-state index contributed by atoms with van der Waals surface area (Å²) in [5, 5.41) is 0. The van der Waals surface area contributed by atoms with Gasteiger partial charge in [-0.15, -0.1) is 0 Å². The highest BCUT2D eigenvalue weighted by Gasteiger charge is 2.38. The highest BCUT2D eigenvalue weighted by Crippen LogP contribution is 2.42. The lowest BCUT2D eigenvalue weighted by Crippen LogP contribution is -2.44. The number of anilines is 1. The number of fused-ring (bicyclic) bond motifs is 1. The van der Waals surface area contributed by atoms with E-state index >= 15 is 0 Å². The van der Waals surface area contributed by atoms with Crippen LogP contribution in [0, 0.1) is 17.6 Å². The first kappa shape index (κ1) is 27.4. The summed E-state index contributed by atoms with van der Waals surface area (Å²) >= 11 is 0. The Hall–Kier alpha value is -3.67. The van der Waals surface area contributed by atoms with E-state index in [0.717, 1.165) is 40.7 Å². The van der Waals surface area contributed by atoms with Crippen LogP contribution in [0.15, 0.2) is 65.6 Å². The average molecular weight is 556 g/mol. The van der Waals surface area contributed by atoms with Gasteiger partial charge in [-0.1, -0.05) is 19.1 Å². The highest BCUT2D eigenvalue weighted by molar-refractivity contribution is 7.92. The number of hydrogen-bond acceptors (Lipinski definition) is 5. The quantitative estimate of drug-likeness (QED) is 0.284. The van der Waals surface area contributed by atoms with E-state index in [1.807, 2.05) is 0 Å². The van der Waals surface area contributed by atoms with Gasteiger partial charge in [-0.2, -0.15) is 13.2 Å². The molecule has 0 bridgehead atoms. The molecule has 4 rings (SSSR count). The highest BCUT2D eigenvalue weighted by atomic mass is 32.2. The first-order chi connectivity index (χ1) is 17.8. The van der Waals surface area contributed by atoms with Crippen molar-refractivity contribution in [2.24, 2.45) is 5.92 Å². The van der Waals surface area contributed by atoms with Crippen LogP contribution in [0.4, 0.5) is 27.6 Å². The topological polar surface area (TPSA) is 72.9 Å². The second-order valence-corrected chi connectivity index (χ2v) is 10.6. The minimum absolute atomic E-state index is 0.0365. The molecule has 3 aromatic carbocycles. The Morgan fingerprint density at radius 2 is 1.84 bits per heavy atom. The Balaban J connectivity index is 1.83. The Labute approximate surface area is 215 Å². The van der Waals surface area contributed by atoms with E-state index in [0.29, 0.717) is 6.07 Å². The number of alkyl halides is 3. The monoisotopic (exact) mass is 555 g/mol. The summed E-state index contributed by atoms with van der Waals surface area (Å²) in [4.78, 5) is 11.3. The Morgan fingerprint density at radius 3 is 2.53 bits per heavy atom. The summed E-state index contributed by atoms with van der Waals surface area (Å²) in [5.41, 5.74) is -1.26. The van der Waals surface area contributed by atoms with Crippen LogP contribution in [0.25, 0.3) is 11.1 Å². The van der Waals surface area contributed by atoms with Crippen LogP contribution in [0.2, 0.25) is 0 Å². The smallest absolute Gasteiger partial charge is 0.416 e. The maximum absolute atomic E-state index is 14.5. The molecule has 38 heavy (non-hydrogen) atoms. The molecular formula is C26H22F5NO5S. The van der Waals surface area contributed by atoms with Crippen LogP contribution >= 0.6 is 0 Å². The fraction of sp³-hybridized carbons (Fsp3) is 0.269. The van der Waals surface area contributed by atoms with Crippen LogP contribution < -0.4 is 9.04 Å². The van der Waals surface area contributed by atoms with Crippen molar-refractivity contribution in [2.45, 2.75) is 30.5 Å². The molecule has 1 aliphatic rings. The third-order valence-electron chi connectivity index (χ3n) is 6.10. The average Bonchev–Trinajstić information content (AvgIpc) is 2.88.